The van der Waals surface area contributed by atoms with Gasteiger partial charge in [0.1, 0.15) is 39.6 Å². The van der Waals surface area contributed by atoms with Gasteiger partial charge in [0.25, 0.3) is 0 Å². The molecule has 2 aromatic carbocycles. The quantitative estimate of drug-likeness (QED) is 0.109. The van der Waals surface area contributed by atoms with E-state index in [0.29, 0.717) is 74.2 Å². The van der Waals surface area contributed by atoms with E-state index in [4.69, 9.17) is 33.7 Å². The lowest BCUT2D eigenvalue weighted by Crippen LogP contribution is -2.58. The Kier molecular flexibility index (Phi) is 15.7. The third kappa shape index (κ3) is 11.2. The number of aryl methyl sites for hydroxylation is 1. The van der Waals surface area contributed by atoms with E-state index in [9.17, 15) is 15.6 Å². The van der Waals surface area contributed by atoms with Crippen molar-refractivity contribution >= 4 is 35.2 Å². The average molecular weight is 948 g/mol. The van der Waals surface area contributed by atoms with Gasteiger partial charge in [-0.25, -0.2) is 9.97 Å². The number of morpholine rings is 1. The number of pyridine rings is 2. The van der Waals surface area contributed by atoms with E-state index in [0.717, 1.165) is 101 Å². The zero-order valence-corrected chi connectivity index (χ0v) is 41.7. The lowest BCUT2D eigenvalue weighted by molar-refractivity contribution is -0.0537. The van der Waals surface area contributed by atoms with E-state index in [2.05, 4.69) is 85.7 Å². The van der Waals surface area contributed by atoms with Crippen LogP contribution in [0.15, 0.2) is 58.6 Å². The number of ether oxygens (including phenoxy) is 5. The van der Waals surface area contributed by atoms with Crippen molar-refractivity contribution in [2.45, 2.75) is 113 Å². The molecule has 4 atom stereocenters. The van der Waals surface area contributed by atoms with E-state index < -0.39 is 17.3 Å². The van der Waals surface area contributed by atoms with Crippen LogP contribution in [0.2, 0.25) is 0 Å². The molecule has 0 saturated carbocycles. The van der Waals surface area contributed by atoms with Crippen LogP contribution in [0.1, 0.15) is 90.8 Å². The van der Waals surface area contributed by atoms with Gasteiger partial charge in [-0.2, -0.15) is 10.5 Å². The molecule has 13 nitrogen and oxygen atoms in total. The number of piperazine rings is 1. The summed E-state index contributed by atoms with van der Waals surface area (Å²) < 4.78 is 29.5. The Morgan fingerprint density at radius 3 is 2.12 bits per heavy atom. The molecule has 67 heavy (non-hydrogen) atoms. The van der Waals surface area contributed by atoms with E-state index in [-0.39, 0.29) is 12.1 Å². The summed E-state index contributed by atoms with van der Waals surface area (Å²) >= 11 is 3.07. The number of methoxy groups -OCH3 is 2. The molecule has 4 aliphatic rings. The second-order valence-corrected chi connectivity index (χ2v) is 21.2. The molecule has 8 rings (SSSR count). The molecule has 1 N–H and O–H groups in total. The highest BCUT2D eigenvalue weighted by Gasteiger charge is 2.39. The van der Waals surface area contributed by atoms with Crippen molar-refractivity contribution in [3.63, 3.8) is 0 Å². The van der Waals surface area contributed by atoms with E-state index in [1.807, 2.05) is 24.3 Å². The number of anilines is 2. The molecular formula is C52H65N7O6S2. The van der Waals surface area contributed by atoms with Crippen LogP contribution in [0.25, 0.3) is 0 Å². The monoisotopic (exact) mass is 947 g/mol. The molecule has 356 valence electrons. The minimum absolute atomic E-state index is 0.284. The number of fused-ring (bicyclic) bond motifs is 2. The molecule has 0 bridgehead atoms. The van der Waals surface area contributed by atoms with Gasteiger partial charge >= 0.3 is 0 Å². The van der Waals surface area contributed by atoms with E-state index >= 15 is 0 Å². The number of nitriles is 2. The van der Waals surface area contributed by atoms with Gasteiger partial charge in [-0.05, 0) is 81.0 Å². The van der Waals surface area contributed by atoms with Crippen LogP contribution in [0, 0.1) is 22.7 Å². The normalized spacial score (nSPS) is 22.1. The largest absolute Gasteiger partial charge is 0.497 e. The second kappa shape index (κ2) is 21.5. The standard InChI is InChI=1S/C52H65N7O6S2/c1-34-29-58(30-35(2)59(34)18-19-61-6)48-45-32-65-52(5,26-41(45)43(28-54)49(56-48)66-22-15-36-11-13-39(62-7)14-12-36)24-37-9-8-10-38(23-37)46(60)33-67-50-42(27-53)40-25-51(3,4)64-31-44(40)47(55-50)57-16-20-63-21-17-57/h8-14,23,34-35,46,60H,15-22,24-26,29-33H2,1-7H3. The minimum Gasteiger partial charge on any atom is -0.497 e. The summed E-state index contributed by atoms with van der Waals surface area (Å²) in [5.41, 5.74) is 7.18. The first-order chi connectivity index (χ1) is 32.3. The third-order valence-electron chi connectivity index (χ3n) is 13.6. The Bertz CT molecular complexity index is 2460. The predicted molar refractivity (Wildman–Crippen MR) is 263 cm³/mol. The molecule has 15 heteroatoms. The van der Waals surface area contributed by atoms with Crippen molar-refractivity contribution in [1.82, 2.24) is 14.9 Å². The summed E-state index contributed by atoms with van der Waals surface area (Å²) in [6, 6.07) is 21.9. The lowest BCUT2D eigenvalue weighted by atomic mass is 9.83. The first kappa shape index (κ1) is 49.0. The summed E-state index contributed by atoms with van der Waals surface area (Å²) in [4.78, 5) is 17.6. The van der Waals surface area contributed by atoms with Crippen LogP contribution in [0.4, 0.5) is 11.6 Å². The van der Waals surface area contributed by atoms with Gasteiger partial charge in [0.05, 0.1) is 68.6 Å². The van der Waals surface area contributed by atoms with Crippen LogP contribution in [-0.4, -0.2) is 122 Å². The van der Waals surface area contributed by atoms with Gasteiger partial charge in [-0.1, -0.05) is 36.4 Å². The molecule has 2 aromatic heterocycles. The topological polar surface area (TPSA) is 149 Å². The number of aliphatic hydroxyl groups excluding tert-OH is 1. The Balaban J connectivity index is 1.03. The van der Waals surface area contributed by atoms with Crippen molar-refractivity contribution in [2.75, 3.05) is 88.1 Å². The molecule has 0 aliphatic carbocycles. The summed E-state index contributed by atoms with van der Waals surface area (Å²) in [5.74, 6) is 3.69. The number of benzene rings is 2. The fraction of sp³-hybridized carbons (Fsp3) is 0.538. The fourth-order valence-electron chi connectivity index (χ4n) is 10.1. The Labute approximate surface area is 405 Å². The van der Waals surface area contributed by atoms with Crippen LogP contribution in [-0.2, 0) is 57.8 Å². The minimum atomic E-state index is -0.808. The van der Waals surface area contributed by atoms with Gasteiger partial charge in [0, 0.05) is 93.8 Å². The third-order valence-corrected chi connectivity index (χ3v) is 15.6. The Morgan fingerprint density at radius 1 is 0.821 bits per heavy atom. The van der Waals surface area contributed by atoms with Crippen molar-refractivity contribution in [3.8, 4) is 17.9 Å². The van der Waals surface area contributed by atoms with E-state index in [1.165, 1.54) is 17.3 Å². The van der Waals surface area contributed by atoms with Gasteiger partial charge in [-0.15, -0.1) is 23.5 Å². The number of hydrogen-bond acceptors (Lipinski definition) is 15. The van der Waals surface area contributed by atoms with Gasteiger partial charge in [-0.3, -0.25) is 4.90 Å². The Hall–Kier alpha value is -4.42. The summed E-state index contributed by atoms with van der Waals surface area (Å²) in [7, 11) is 3.43. The zero-order valence-electron chi connectivity index (χ0n) is 40.1. The van der Waals surface area contributed by atoms with Crippen LogP contribution in [0.3, 0.4) is 0 Å². The zero-order chi connectivity index (χ0) is 47.3. The molecule has 6 heterocycles. The average Bonchev–Trinajstić information content (AvgIpc) is 3.32. The van der Waals surface area contributed by atoms with Gasteiger partial charge in [0.15, 0.2) is 0 Å². The summed E-state index contributed by atoms with van der Waals surface area (Å²) in [6.07, 6.45) is 1.76. The molecule has 4 unspecified atom stereocenters. The van der Waals surface area contributed by atoms with Gasteiger partial charge in [0.2, 0.25) is 0 Å². The lowest BCUT2D eigenvalue weighted by Gasteiger charge is -2.46. The number of aliphatic hydroxyl groups is 1. The molecular weight excluding hydrogens is 883 g/mol. The first-order valence-corrected chi connectivity index (χ1v) is 25.5. The van der Waals surface area contributed by atoms with Crippen molar-refractivity contribution in [2.24, 2.45) is 0 Å². The van der Waals surface area contributed by atoms with Gasteiger partial charge < -0.3 is 38.6 Å². The van der Waals surface area contributed by atoms with E-state index in [1.54, 1.807) is 26.0 Å². The summed E-state index contributed by atoms with van der Waals surface area (Å²) in [5, 5.41) is 34.5. The van der Waals surface area contributed by atoms with Crippen LogP contribution in [0.5, 0.6) is 5.75 Å². The molecule has 4 aliphatic heterocycles. The van der Waals surface area contributed by atoms with Crippen LogP contribution >= 0.6 is 23.5 Å². The molecule has 2 fully saturated rings. The smallest absolute Gasteiger partial charge is 0.135 e. The maximum absolute atomic E-state index is 11.8. The highest BCUT2D eigenvalue weighted by Crippen LogP contribution is 2.42. The van der Waals surface area contributed by atoms with Crippen molar-refractivity contribution < 1.29 is 28.8 Å². The van der Waals surface area contributed by atoms with Crippen LogP contribution < -0.4 is 14.5 Å². The highest BCUT2D eigenvalue weighted by molar-refractivity contribution is 7.99. The number of aromatic nitrogens is 2. The number of nitrogens with zero attached hydrogens (tertiary/aromatic N) is 7. The molecule has 0 radical (unpaired) electrons. The Morgan fingerprint density at radius 2 is 1.46 bits per heavy atom. The predicted octanol–water partition coefficient (Wildman–Crippen LogP) is 7.70. The second-order valence-electron chi connectivity index (χ2n) is 19.1. The maximum atomic E-state index is 11.8. The maximum Gasteiger partial charge on any atom is 0.135 e. The highest BCUT2D eigenvalue weighted by atomic mass is 32.2. The van der Waals surface area contributed by atoms with Crippen molar-refractivity contribution in [1.29, 1.82) is 10.5 Å². The fourth-order valence-corrected chi connectivity index (χ4v) is 12.0. The molecule has 0 spiro atoms. The number of hydrogen-bond donors (Lipinski definition) is 1. The summed E-state index contributed by atoms with van der Waals surface area (Å²) in [6.45, 7) is 17.4. The molecule has 0 amide bonds. The molecule has 2 saturated heterocycles. The first-order valence-electron chi connectivity index (χ1n) is 23.5. The number of rotatable bonds is 16. The number of thioether (sulfide) groups is 2. The van der Waals surface area contributed by atoms with Crippen molar-refractivity contribution in [3.05, 3.63) is 98.6 Å². The molecule has 4 aromatic rings. The SMILES string of the molecule is COCCN1C(C)CN(c2nc(SCCc3ccc(OC)cc3)c(C#N)c3c2COC(C)(Cc2cccc(C(O)CSc4nc(N5CCOCC5)c5c(c4C#N)CC(C)(C)OC5)c2)C3)CC1C.